The highest BCUT2D eigenvalue weighted by Crippen LogP contribution is 2.34. The highest BCUT2D eigenvalue weighted by atomic mass is 19.4. The summed E-state index contributed by atoms with van der Waals surface area (Å²) in [6.07, 6.45) is -3.25. The fourth-order valence-corrected chi connectivity index (χ4v) is 2.03. The third-order valence-electron chi connectivity index (χ3n) is 2.92. The van der Waals surface area contributed by atoms with Crippen molar-refractivity contribution in [3.8, 4) is 5.69 Å². The van der Waals surface area contributed by atoms with Gasteiger partial charge in [-0.15, -0.1) is 5.10 Å². The zero-order valence-corrected chi connectivity index (χ0v) is 10.9. The van der Waals surface area contributed by atoms with Gasteiger partial charge >= 0.3 is 6.18 Å². The number of alkyl halides is 3. The predicted molar refractivity (Wildman–Crippen MR) is 66.3 cm³/mol. The Bertz CT molecular complexity index is 593. The van der Waals surface area contributed by atoms with E-state index in [2.05, 4.69) is 10.3 Å². The zero-order chi connectivity index (χ0) is 14.8. The molecule has 2 rings (SSSR count). The standard InChI is InChI=1S/C13H14F3N3O/c1-2-5-12-10(8-20)17-18-19(12)11-7-4-3-6-9(11)13(14,15)16/h3-4,6-7,20H,2,5,8H2,1H3. The van der Waals surface area contributed by atoms with Gasteiger partial charge in [0.2, 0.25) is 0 Å². The van der Waals surface area contributed by atoms with Crippen LogP contribution in [0.1, 0.15) is 30.3 Å². The second-order valence-corrected chi connectivity index (χ2v) is 4.32. The van der Waals surface area contributed by atoms with Crippen LogP contribution in [0.5, 0.6) is 0 Å². The normalized spacial score (nSPS) is 11.8. The third kappa shape index (κ3) is 2.67. The van der Waals surface area contributed by atoms with E-state index in [1.807, 2.05) is 6.92 Å². The molecule has 0 bridgehead atoms. The van der Waals surface area contributed by atoms with E-state index in [9.17, 15) is 18.3 Å². The van der Waals surface area contributed by atoms with Gasteiger partial charge in [-0.2, -0.15) is 13.2 Å². The van der Waals surface area contributed by atoms with E-state index in [0.717, 1.165) is 10.7 Å². The molecular formula is C13H14F3N3O. The number of para-hydroxylation sites is 1. The summed E-state index contributed by atoms with van der Waals surface area (Å²) in [5, 5.41) is 16.7. The van der Waals surface area contributed by atoms with Crippen LogP contribution in [-0.4, -0.2) is 20.1 Å². The lowest BCUT2D eigenvalue weighted by molar-refractivity contribution is -0.137. The molecule has 2 aromatic rings. The number of aliphatic hydroxyl groups is 1. The predicted octanol–water partition coefficient (Wildman–Crippen LogP) is 2.73. The average molecular weight is 285 g/mol. The first-order chi connectivity index (χ1) is 9.49. The molecule has 0 unspecified atom stereocenters. The van der Waals surface area contributed by atoms with E-state index in [4.69, 9.17) is 0 Å². The van der Waals surface area contributed by atoms with Gasteiger partial charge in [0, 0.05) is 0 Å². The molecule has 1 N–H and O–H groups in total. The van der Waals surface area contributed by atoms with E-state index < -0.39 is 11.7 Å². The number of halogens is 3. The molecule has 20 heavy (non-hydrogen) atoms. The molecule has 0 radical (unpaired) electrons. The van der Waals surface area contributed by atoms with Crippen LogP contribution in [-0.2, 0) is 19.2 Å². The zero-order valence-electron chi connectivity index (χ0n) is 10.9. The molecular weight excluding hydrogens is 271 g/mol. The lowest BCUT2D eigenvalue weighted by atomic mass is 10.1. The summed E-state index contributed by atoms with van der Waals surface area (Å²) in [7, 11) is 0. The smallest absolute Gasteiger partial charge is 0.390 e. The van der Waals surface area contributed by atoms with Crippen molar-refractivity contribution in [3.05, 3.63) is 41.2 Å². The Morgan fingerprint density at radius 2 is 1.95 bits per heavy atom. The number of hydrogen-bond donors (Lipinski definition) is 1. The molecule has 0 amide bonds. The molecule has 0 fully saturated rings. The molecule has 0 aliphatic heterocycles. The Kier molecular flexibility index (Phi) is 4.08. The molecule has 0 aliphatic rings. The summed E-state index contributed by atoms with van der Waals surface area (Å²) in [6.45, 7) is 1.55. The van der Waals surface area contributed by atoms with Crippen LogP contribution >= 0.6 is 0 Å². The maximum absolute atomic E-state index is 13.0. The molecule has 0 atom stereocenters. The quantitative estimate of drug-likeness (QED) is 0.939. The first-order valence-corrected chi connectivity index (χ1v) is 6.20. The molecule has 0 spiro atoms. The number of hydrogen-bond acceptors (Lipinski definition) is 3. The first-order valence-electron chi connectivity index (χ1n) is 6.20. The summed E-state index contributed by atoms with van der Waals surface area (Å²) in [5.41, 5.74) is -0.0297. The van der Waals surface area contributed by atoms with E-state index in [0.29, 0.717) is 24.2 Å². The Balaban J connectivity index is 2.60. The minimum Gasteiger partial charge on any atom is -0.390 e. The van der Waals surface area contributed by atoms with Gasteiger partial charge in [0.15, 0.2) is 0 Å². The highest BCUT2D eigenvalue weighted by Gasteiger charge is 2.34. The van der Waals surface area contributed by atoms with E-state index in [1.54, 1.807) is 0 Å². The Morgan fingerprint density at radius 3 is 2.55 bits per heavy atom. The van der Waals surface area contributed by atoms with Gasteiger partial charge in [-0.1, -0.05) is 30.7 Å². The van der Waals surface area contributed by atoms with Gasteiger partial charge in [-0.25, -0.2) is 4.68 Å². The fourth-order valence-electron chi connectivity index (χ4n) is 2.03. The average Bonchev–Trinajstić information content (AvgIpc) is 2.81. The minimum absolute atomic E-state index is 0.0735. The second-order valence-electron chi connectivity index (χ2n) is 4.32. The first kappa shape index (κ1) is 14.5. The Hall–Kier alpha value is -1.89. The second kappa shape index (κ2) is 5.62. The van der Waals surface area contributed by atoms with Crippen LogP contribution in [0.2, 0.25) is 0 Å². The summed E-state index contributed by atoms with van der Waals surface area (Å²) in [4.78, 5) is 0. The third-order valence-corrected chi connectivity index (χ3v) is 2.92. The van der Waals surface area contributed by atoms with Crippen molar-refractivity contribution in [1.82, 2.24) is 15.0 Å². The van der Waals surface area contributed by atoms with Crippen molar-refractivity contribution in [1.29, 1.82) is 0 Å². The fraction of sp³-hybridized carbons (Fsp3) is 0.385. The molecule has 7 heteroatoms. The minimum atomic E-state index is -4.47. The highest BCUT2D eigenvalue weighted by molar-refractivity contribution is 5.43. The van der Waals surface area contributed by atoms with Crippen LogP contribution in [0.25, 0.3) is 5.69 Å². The van der Waals surface area contributed by atoms with Gasteiger partial charge in [0.25, 0.3) is 0 Å². The maximum atomic E-state index is 13.0. The molecule has 4 nitrogen and oxygen atoms in total. The number of aliphatic hydroxyl groups excluding tert-OH is 1. The van der Waals surface area contributed by atoms with E-state index >= 15 is 0 Å². The van der Waals surface area contributed by atoms with Crippen LogP contribution < -0.4 is 0 Å². The van der Waals surface area contributed by atoms with Gasteiger partial charge in [0.05, 0.1) is 23.6 Å². The van der Waals surface area contributed by atoms with Crippen molar-refractivity contribution >= 4 is 0 Å². The van der Waals surface area contributed by atoms with Crippen molar-refractivity contribution in [3.63, 3.8) is 0 Å². The van der Waals surface area contributed by atoms with Crippen LogP contribution in [0.15, 0.2) is 24.3 Å². The van der Waals surface area contributed by atoms with Crippen LogP contribution in [0, 0.1) is 0 Å². The van der Waals surface area contributed by atoms with E-state index in [1.165, 1.54) is 18.2 Å². The molecule has 0 saturated heterocycles. The largest absolute Gasteiger partial charge is 0.418 e. The lowest BCUT2D eigenvalue weighted by Gasteiger charge is -2.14. The SMILES string of the molecule is CCCc1c(CO)nnn1-c1ccccc1C(F)(F)F. The molecule has 108 valence electrons. The number of rotatable bonds is 4. The van der Waals surface area contributed by atoms with Crippen LogP contribution in [0.4, 0.5) is 13.2 Å². The van der Waals surface area contributed by atoms with Crippen LogP contribution in [0.3, 0.4) is 0 Å². The monoisotopic (exact) mass is 285 g/mol. The van der Waals surface area contributed by atoms with Gasteiger partial charge in [-0.3, -0.25) is 0 Å². The summed E-state index contributed by atoms with van der Waals surface area (Å²) in [6, 6.07) is 5.19. The topological polar surface area (TPSA) is 50.9 Å². The van der Waals surface area contributed by atoms with Gasteiger partial charge in [-0.05, 0) is 18.6 Å². The number of nitrogens with zero attached hydrogens (tertiary/aromatic N) is 3. The Morgan fingerprint density at radius 1 is 1.25 bits per heavy atom. The molecule has 1 heterocycles. The van der Waals surface area contributed by atoms with Crippen molar-refractivity contribution in [2.24, 2.45) is 0 Å². The summed E-state index contributed by atoms with van der Waals surface area (Å²) < 4.78 is 40.3. The van der Waals surface area contributed by atoms with Gasteiger partial charge < -0.3 is 5.11 Å². The van der Waals surface area contributed by atoms with Crippen molar-refractivity contribution in [2.75, 3.05) is 0 Å². The summed E-state index contributed by atoms with van der Waals surface area (Å²) >= 11 is 0. The molecule has 1 aromatic carbocycles. The van der Waals surface area contributed by atoms with E-state index in [-0.39, 0.29) is 12.3 Å². The molecule has 1 aromatic heterocycles. The summed E-state index contributed by atoms with van der Waals surface area (Å²) in [5.74, 6) is 0. The van der Waals surface area contributed by atoms with Gasteiger partial charge in [0.1, 0.15) is 5.69 Å². The van der Waals surface area contributed by atoms with Crippen molar-refractivity contribution in [2.45, 2.75) is 32.5 Å². The molecule has 0 aliphatic carbocycles. The lowest BCUT2D eigenvalue weighted by Crippen LogP contribution is -2.13. The van der Waals surface area contributed by atoms with Crippen molar-refractivity contribution < 1.29 is 18.3 Å². The number of aromatic nitrogens is 3. The molecule has 0 saturated carbocycles. The number of benzene rings is 1. The Labute approximate surface area is 113 Å². The maximum Gasteiger partial charge on any atom is 0.418 e.